The third-order valence-corrected chi connectivity index (χ3v) is 7.35. The van der Waals surface area contributed by atoms with E-state index in [0.29, 0.717) is 0 Å². The van der Waals surface area contributed by atoms with Gasteiger partial charge in [0.2, 0.25) is 0 Å². The first-order chi connectivity index (χ1) is 16.3. The molecule has 2 aliphatic rings. The molecular weight excluding hydrogens is 434 g/mol. The van der Waals surface area contributed by atoms with Crippen LogP contribution >= 0.6 is 11.3 Å². The van der Waals surface area contributed by atoms with Crippen LogP contribution in [0.4, 0.5) is 16.6 Å². The van der Waals surface area contributed by atoms with Gasteiger partial charge in [-0.2, -0.15) is 0 Å². The van der Waals surface area contributed by atoms with Gasteiger partial charge in [0.25, 0.3) is 0 Å². The third-order valence-electron chi connectivity index (χ3n) is 6.39. The molecule has 0 radical (unpaired) electrons. The van der Waals surface area contributed by atoms with Gasteiger partial charge >= 0.3 is 0 Å². The molecule has 0 bridgehead atoms. The van der Waals surface area contributed by atoms with Gasteiger partial charge in [-0.3, -0.25) is 9.88 Å². The van der Waals surface area contributed by atoms with Crippen LogP contribution in [0.1, 0.15) is 6.42 Å². The molecule has 0 aliphatic carbocycles. The molecule has 174 valence electrons. The molecule has 33 heavy (non-hydrogen) atoms. The Morgan fingerprint density at radius 1 is 1.00 bits per heavy atom. The second kappa shape index (κ2) is 11.0. The Kier molecular flexibility index (Phi) is 7.42. The van der Waals surface area contributed by atoms with E-state index in [-0.39, 0.29) is 0 Å². The number of hydrogen-bond acceptors (Lipinski definition) is 8. The number of rotatable bonds is 8. The lowest BCUT2D eigenvalue weighted by Crippen LogP contribution is -3.15. The van der Waals surface area contributed by atoms with Crippen LogP contribution in [0, 0.1) is 0 Å². The fraction of sp³-hybridized carbons (Fsp3) is 0.458. The van der Waals surface area contributed by atoms with E-state index in [1.54, 1.807) is 28.6 Å². The van der Waals surface area contributed by atoms with Crippen molar-refractivity contribution in [3.8, 4) is 10.4 Å². The summed E-state index contributed by atoms with van der Waals surface area (Å²) in [5, 5.41) is 4.22. The van der Waals surface area contributed by atoms with E-state index in [1.165, 1.54) is 38.3 Å². The number of nitrogens with zero attached hydrogens (tertiary/aromatic N) is 5. The number of piperazine rings is 1. The number of aromatic nitrogens is 3. The highest BCUT2D eigenvalue weighted by Crippen LogP contribution is 2.30. The second-order valence-corrected chi connectivity index (χ2v) is 9.62. The van der Waals surface area contributed by atoms with E-state index in [0.717, 1.165) is 60.8 Å². The van der Waals surface area contributed by atoms with Crippen LogP contribution in [-0.2, 0) is 4.74 Å². The first-order valence-corrected chi connectivity index (χ1v) is 12.6. The molecule has 8 nitrogen and oxygen atoms in total. The Balaban J connectivity index is 1.11. The largest absolute Gasteiger partial charge is 0.379 e. The predicted molar refractivity (Wildman–Crippen MR) is 133 cm³/mol. The molecule has 0 saturated carbocycles. The minimum atomic E-state index is 0.836. The summed E-state index contributed by atoms with van der Waals surface area (Å²) >= 11 is 1.62. The summed E-state index contributed by atoms with van der Waals surface area (Å²) in [6, 6.07) is 8.25. The van der Waals surface area contributed by atoms with Crippen molar-refractivity contribution in [2.45, 2.75) is 6.42 Å². The minimum Gasteiger partial charge on any atom is -0.379 e. The number of nitrogens with one attached hydrogen (secondary N) is 2. The van der Waals surface area contributed by atoms with Gasteiger partial charge < -0.3 is 19.9 Å². The fourth-order valence-corrected chi connectivity index (χ4v) is 5.31. The van der Waals surface area contributed by atoms with E-state index in [4.69, 9.17) is 4.74 Å². The Hall–Kier alpha value is -2.59. The standard InChI is InChI=1S/C24H31N7OS/c1(9-30-14-16-32-17-15-30)8-29-10-12-31(13-11-29)21-4-7-26-23(18-21)28-24-27-19-22(33-24)20-2-5-25-6-3-20/h2-7,18-19H,1,8-17H2,(H,26,27,28)/p+1. The van der Waals surface area contributed by atoms with Gasteiger partial charge in [0.05, 0.1) is 50.8 Å². The first kappa shape index (κ1) is 22.2. The Morgan fingerprint density at radius 2 is 1.82 bits per heavy atom. The van der Waals surface area contributed by atoms with Crippen molar-refractivity contribution in [2.75, 3.05) is 75.8 Å². The Labute approximate surface area is 199 Å². The maximum Gasteiger partial charge on any atom is 0.188 e. The number of pyridine rings is 2. The molecule has 0 spiro atoms. The summed E-state index contributed by atoms with van der Waals surface area (Å²) in [6.45, 7) is 11.0. The second-order valence-electron chi connectivity index (χ2n) is 8.58. The van der Waals surface area contributed by atoms with E-state index < -0.39 is 0 Å². The summed E-state index contributed by atoms with van der Waals surface area (Å²) in [7, 11) is 0. The third kappa shape index (κ3) is 6.05. The zero-order valence-corrected chi connectivity index (χ0v) is 19.8. The molecule has 2 N–H and O–H groups in total. The van der Waals surface area contributed by atoms with Gasteiger partial charge in [-0.1, -0.05) is 11.3 Å². The lowest BCUT2D eigenvalue weighted by Gasteiger charge is -2.34. The highest BCUT2D eigenvalue weighted by molar-refractivity contribution is 7.18. The summed E-state index contributed by atoms with van der Waals surface area (Å²) in [5.41, 5.74) is 2.35. The lowest BCUT2D eigenvalue weighted by atomic mass is 10.2. The average molecular weight is 467 g/mol. The van der Waals surface area contributed by atoms with Crippen molar-refractivity contribution in [2.24, 2.45) is 0 Å². The lowest BCUT2D eigenvalue weighted by molar-refractivity contribution is -0.900. The van der Waals surface area contributed by atoms with Gasteiger partial charge in [-0.15, -0.1) is 0 Å². The highest BCUT2D eigenvalue weighted by atomic mass is 32.1. The number of quaternary nitrogens is 1. The fourth-order valence-electron chi connectivity index (χ4n) is 4.48. The van der Waals surface area contributed by atoms with Gasteiger partial charge in [0, 0.05) is 62.6 Å². The number of morpholine rings is 1. The van der Waals surface area contributed by atoms with Crippen LogP contribution < -0.4 is 15.1 Å². The van der Waals surface area contributed by atoms with E-state index in [9.17, 15) is 0 Å². The smallest absolute Gasteiger partial charge is 0.188 e. The van der Waals surface area contributed by atoms with Crippen molar-refractivity contribution in [3.05, 3.63) is 49.1 Å². The molecule has 3 aromatic rings. The van der Waals surface area contributed by atoms with Crippen molar-refractivity contribution in [1.82, 2.24) is 19.9 Å². The Morgan fingerprint density at radius 3 is 2.64 bits per heavy atom. The number of ether oxygens (including phenoxy) is 1. The molecule has 5 heterocycles. The number of thiazole rings is 1. The van der Waals surface area contributed by atoms with Crippen LogP contribution in [-0.4, -0.2) is 85.4 Å². The van der Waals surface area contributed by atoms with Crippen molar-refractivity contribution >= 4 is 28.0 Å². The van der Waals surface area contributed by atoms with E-state index in [2.05, 4.69) is 42.2 Å². The summed E-state index contributed by atoms with van der Waals surface area (Å²) in [5.74, 6) is 0.836. The predicted octanol–water partition coefficient (Wildman–Crippen LogP) is 1.77. The van der Waals surface area contributed by atoms with Crippen LogP contribution in [0.5, 0.6) is 0 Å². The molecule has 2 aliphatic heterocycles. The highest BCUT2D eigenvalue weighted by Gasteiger charge is 2.21. The molecule has 0 amide bonds. The molecule has 2 fully saturated rings. The van der Waals surface area contributed by atoms with E-state index in [1.807, 2.05) is 24.5 Å². The van der Waals surface area contributed by atoms with Gasteiger partial charge in [0.1, 0.15) is 5.82 Å². The minimum absolute atomic E-state index is 0.836. The van der Waals surface area contributed by atoms with Crippen LogP contribution in [0.15, 0.2) is 49.1 Å². The van der Waals surface area contributed by atoms with Crippen molar-refractivity contribution in [3.63, 3.8) is 0 Å². The summed E-state index contributed by atoms with van der Waals surface area (Å²) in [4.78, 5) is 21.0. The molecule has 5 rings (SSSR count). The Bertz CT molecular complexity index is 1000. The van der Waals surface area contributed by atoms with Gasteiger partial charge in [-0.25, -0.2) is 9.97 Å². The maximum atomic E-state index is 5.44. The molecular formula is C24H32N7OS+. The monoisotopic (exact) mass is 466 g/mol. The topological polar surface area (TPSA) is 70.9 Å². The quantitative estimate of drug-likeness (QED) is 0.524. The molecule has 0 atom stereocenters. The molecule has 0 unspecified atom stereocenters. The molecule has 3 aromatic heterocycles. The molecule has 0 aromatic carbocycles. The summed E-state index contributed by atoms with van der Waals surface area (Å²) < 4.78 is 5.44. The number of hydrogen-bond donors (Lipinski definition) is 2. The van der Waals surface area contributed by atoms with Gasteiger partial charge in [-0.05, 0) is 23.8 Å². The normalized spacial score (nSPS) is 17.9. The van der Waals surface area contributed by atoms with Crippen molar-refractivity contribution < 1.29 is 9.64 Å². The van der Waals surface area contributed by atoms with Crippen LogP contribution in [0.3, 0.4) is 0 Å². The first-order valence-electron chi connectivity index (χ1n) is 11.8. The zero-order chi connectivity index (χ0) is 22.3. The van der Waals surface area contributed by atoms with E-state index >= 15 is 0 Å². The summed E-state index contributed by atoms with van der Waals surface area (Å²) in [6.07, 6.45) is 8.66. The van der Waals surface area contributed by atoms with Crippen molar-refractivity contribution in [1.29, 1.82) is 0 Å². The SMILES string of the molecule is c1cc(-c2cnc(Nc3cc(N4CC[NH+](CCCN5CCOCC5)CC4)ccn3)s2)ccn1. The molecule has 2 saturated heterocycles. The van der Waals surface area contributed by atoms with Crippen LogP contribution in [0.25, 0.3) is 10.4 Å². The zero-order valence-electron chi connectivity index (χ0n) is 18.9. The maximum absolute atomic E-state index is 5.44. The van der Waals surface area contributed by atoms with Gasteiger partial charge in [0.15, 0.2) is 5.13 Å². The van der Waals surface area contributed by atoms with Crippen LogP contribution in [0.2, 0.25) is 0 Å². The molecule has 9 heteroatoms. The number of anilines is 3. The average Bonchev–Trinajstić information content (AvgIpc) is 3.34.